The molecule has 0 aliphatic rings. The maximum absolute atomic E-state index is 11.7. The highest BCUT2D eigenvalue weighted by atomic mass is 32.2. The minimum absolute atomic E-state index is 0.159. The van der Waals surface area contributed by atoms with Gasteiger partial charge in [0.1, 0.15) is 4.99 Å². The standard InChI is InChI=1S/C11H15N3O3S2/c12-10(18)8-2-4-9(5-3-8)11(15)14-6-1-7-19(13,16)17/h2-5H,1,6-7H2,(H2,12,18)(H,14,15)(H2,13,16,17). The molecule has 1 aromatic carbocycles. The van der Waals surface area contributed by atoms with Crippen LogP contribution in [0.2, 0.25) is 0 Å². The first kappa shape index (κ1) is 15.5. The van der Waals surface area contributed by atoms with Crippen molar-refractivity contribution >= 4 is 33.1 Å². The van der Waals surface area contributed by atoms with E-state index in [1.54, 1.807) is 24.3 Å². The van der Waals surface area contributed by atoms with E-state index in [0.29, 0.717) is 11.1 Å². The van der Waals surface area contributed by atoms with Crippen molar-refractivity contribution < 1.29 is 13.2 Å². The van der Waals surface area contributed by atoms with Crippen molar-refractivity contribution in [3.8, 4) is 0 Å². The first-order valence-corrected chi connectivity index (χ1v) is 7.60. The number of rotatable bonds is 6. The molecule has 1 aromatic rings. The lowest BCUT2D eigenvalue weighted by Crippen LogP contribution is -2.27. The molecule has 8 heteroatoms. The summed E-state index contributed by atoms with van der Waals surface area (Å²) in [4.78, 5) is 12.0. The van der Waals surface area contributed by atoms with E-state index in [0.717, 1.165) is 0 Å². The molecule has 0 spiro atoms. The molecule has 0 unspecified atom stereocenters. The molecule has 1 rings (SSSR count). The van der Waals surface area contributed by atoms with Crippen LogP contribution in [0, 0.1) is 0 Å². The van der Waals surface area contributed by atoms with E-state index in [-0.39, 0.29) is 29.6 Å². The molecule has 1 amide bonds. The molecule has 0 bridgehead atoms. The third kappa shape index (κ3) is 5.77. The summed E-state index contributed by atoms with van der Waals surface area (Å²) < 4.78 is 21.4. The molecule has 0 aliphatic carbocycles. The lowest BCUT2D eigenvalue weighted by atomic mass is 10.1. The van der Waals surface area contributed by atoms with E-state index >= 15 is 0 Å². The third-order valence-corrected chi connectivity index (χ3v) is 3.42. The predicted molar refractivity (Wildman–Crippen MR) is 77.3 cm³/mol. The van der Waals surface area contributed by atoms with Crippen LogP contribution in [-0.4, -0.2) is 31.6 Å². The van der Waals surface area contributed by atoms with Gasteiger partial charge in [-0.3, -0.25) is 4.79 Å². The summed E-state index contributed by atoms with van der Waals surface area (Å²) in [6, 6.07) is 6.51. The zero-order valence-electron chi connectivity index (χ0n) is 10.1. The topological polar surface area (TPSA) is 115 Å². The van der Waals surface area contributed by atoms with E-state index in [1.807, 2.05) is 0 Å². The SMILES string of the molecule is NC(=S)c1ccc(C(=O)NCCCS(N)(=O)=O)cc1. The third-order valence-electron chi connectivity index (χ3n) is 2.32. The van der Waals surface area contributed by atoms with Gasteiger partial charge in [-0.1, -0.05) is 24.4 Å². The highest BCUT2D eigenvalue weighted by molar-refractivity contribution is 7.89. The Labute approximate surface area is 117 Å². The Hall–Kier alpha value is -1.51. The van der Waals surface area contributed by atoms with Crippen LogP contribution in [0.15, 0.2) is 24.3 Å². The van der Waals surface area contributed by atoms with Gasteiger partial charge in [-0.05, 0) is 18.6 Å². The fraction of sp³-hybridized carbons (Fsp3) is 0.273. The van der Waals surface area contributed by atoms with Crippen LogP contribution < -0.4 is 16.2 Å². The quantitative estimate of drug-likeness (QED) is 0.494. The van der Waals surface area contributed by atoms with Gasteiger partial charge in [-0.15, -0.1) is 0 Å². The van der Waals surface area contributed by atoms with Crippen molar-refractivity contribution in [2.75, 3.05) is 12.3 Å². The number of hydrogen-bond acceptors (Lipinski definition) is 4. The van der Waals surface area contributed by atoms with Crippen LogP contribution in [0.3, 0.4) is 0 Å². The number of nitrogens with two attached hydrogens (primary N) is 2. The van der Waals surface area contributed by atoms with E-state index in [9.17, 15) is 13.2 Å². The summed E-state index contributed by atoms with van der Waals surface area (Å²) in [6.07, 6.45) is 0.273. The van der Waals surface area contributed by atoms with Crippen molar-refractivity contribution in [2.24, 2.45) is 10.9 Å². The number of carbonyl (C=O) groups excluding carboxylic acids is 1. The normalized spacial score (nSPS) is 11.0. The van der Waals surface area contributed by atoms with E-state index < -0.39 is 10.0 Å². The lowest BCUT2D eigenvalue weighted by molar-refractivity contribution is 0.0953. The van der Waals surface area contributed by atoms with Gasteiger partial charge in [0.2, 0.25) is 10.0 Å². The predicted octanol–water partition coefficient (Wildman–Crippen LogP) is -0.271. The molecule has 19 heavy (non-hydrogen) atoms. The van der Waals surface area contributed by atoms with Crippen molar-refractivity contribution in [3.63, 3.8) is 0 Å². The summed E-state index contributed by atoms with van der Waals surface area (Å²) >= 11 is 4.80. The number of nitrogens with one attached hydrogen (secondary N) is 1. The number of sulfonamides is 1. The minimum atomic E-state index is -3.48. The molecule has 0 fully saturated rings. The average Bonchev–Trinajstić information content (AvgIpc) is 2.33. The summed E-state index contributed by atoms with van der Waals surface area (Å²) in [5.74, 6) is -0.447. The molecule has 104 valence electrons. The molecule has 0 atom stereocenters. The first-order chi connectivity index (χ1) is 8.79. The largest absolute Gasteiger partial charge is 0.389 e. The second-order valence-electron chi connectivity index (χ2n) is 3.92. The molecule has 5 N–H and O–H groups in total. The smallest absolute Gasteiger partial charge is 0.251 e. The van der Waals surface area contributed by atoms with Crippen molar-refractivity contribution in [1.29, 1.82) is 0 Å². The number of hydrogen-bond donors (Lipinski definition) is 3. The maximum atomic E-state index is 11.7. The number of benzene rings is 1. The number of primary sulfonamides is 1. The second-order valence-corrected chi connectivity index (χ2v) is 6.09. The van der Waals surface area contributed by atoms with E-state index in [1.165, 1.54) is 0 Å². The Bertz CT molecular complexity index is 567. The molecular formula is C11H15N3O3S2. The van der Waals surface area contributed by atoms with Gasteiger partial charge in [0.15, 0.2) is 0 Å². The van der Waals surface area contributed by atoms with Crippen molar-refractivity contribution in [1.82, 2.24) is 5.32 Å². The van der Waals surface area contributed by atoms with Crippen molar-refractivity contribution in [3.05, 3.63) is 35.4 Å². The van der Waals surface area contributed by atoms with Crippen LogP contribution in [0.1, 0.15) is 22.3 Å². The van der Waals surface area contributed by atoms with Gasteiger partial charge in [-0.25, -0.2) is 13.6 Å². The van der Waals surface area contributed by atoms with Gasteiger partial charge in [0.05, 0.1) is 5.75 Å². The Morgan fingerprint density at radius 3 is 2.21 bits per heavy atom. The molecular weight excluding hydrogens is 286 g/mol. The van der Waals surface area contributed by atoms with Gasteiger partial charge < -0.3 is 11.1 Å². The van der Waals surface area contributed by atoms with Crippen molar-refractivity contribution in [2.45, 2.75) is 6.42 Å². The molecule has 0 heterocycles. The van der Waals surface area contributed by atoms with Gasteiger partial charge in [-0.2, -0.15) is 0 Å². The average molecular weight is 301 g/mol. The van der Waals surface area contributed by atoms with E-state index in [4.69, 9.17) is 23.1 Å². The molecule has 0 saturated heterocycles. The highest BCUT2D eigenvalue weighted by Crippen LogP contribution is 2.04. The summed E-state index contributed by atoms with van der Waals surface area (Å²) in [6.45, 7) is 0.242. The lowest BCUT2D eigenvalue weighted by Gasteiger charge is -2.05. The highest BCUT2D eigenvalue weighted by Gasteiger charge is 2.07. The number of amides is 1. The fourth-order valence-corrected chi connectivity index (χ4v) is 2.05. The van der Waals surface area contributed by atoms with E-state index in [2.05, 4.69) is 5.32 Å². The molecule has 0 aromatic heterocycles. The second kappa shape index (κ2) is 6.60. The Morgan fingerprint density at radius 1 is 1.21 bits per heavy atom. The molecule has 0 radical (unpaired) electrons. The van der Waals surface area contributed by atoms with Gasteiger partial charge >= 0.3 is 0 Å². The number of thiocarbonyl (C=S) groups is 1. The monoisotopic (exact) mass is 301 g/mol. The first-order valence-electron chi connectivity index (χ1n) is 5.48. The molecule has 0 aliphatic heterocycles. The van der Waals surface area contributed by atoms with Crippen LogP contribution in [0.25, 0.3) is 0 Å². The number of carbonyl (C=O) groups is 1. The Kier molecular flexibility index (Phi) is 5.40. The zero-order valence-corrected chi connectivity index (χ0v) is 11.8. The van der Waals surface area contributed by atoms with Crippen LogP contribution in [0.4, 0.5) is 0 Å². The van der Waals surface area contributed by atoms with Crippen LogP contribution >= 0.6 is 12.2 Å². The van der Waals surface area contributed by atoms with Crippen LogP contribution in [0.5, 0.6) is 0 Å². The van der Waals surface area contributed by atoms with Gasteiger partial charge in [0.25, 0.3) is 5.91 Å². The fourth-order valence-electron chi connectivity index (χ4n) is 1.36. The Balaban J connectivity index is 2.48. The zero-order chi connectivity index (χ0) is 14.5. The Morgan fingerprint density at radius 2 is 1.74 bits per heavy atom. The molecule has 6 nitrogen and oxygen atoms in total. The van der Waals surface area contributed by atoms with Crippen LogP contribution in [-0.2, 0) is 10.0 Å². The summed E-state index contributed by atoms with van der Waals surface area (Å²) in [5.41, 5.74) is 6.58. The summed E-state index contributed by atoms with van der Waals surface area (Å²) in [7, 11) is -3.48. The minimum Gasteiger partial charge on any atom is -0.389 e. The maximum Gasteiger partial charge on any atom is 0.251 e. The molecule has 0 saturated carbocycles. The summed E-state index contributed by atoms with van der Waals surface area (Å²) in [5, 5.41) is 7.44. The van der Waals surface area contributed by atoms with Gasteiger partial charge in [0, 0.05) is 17.7 Å².